The van der Waals surface area contributed by atoms with Gasteiger partial charge in [0.2, 0.25) is 0 Å². The van der Waals surface area contributed by atoms with Crippen molar-refractivity contribution in [3.05, 3.63) is 23.4 Å². The van der Waals surface area contributed by atoms with Crippen molar-refractivity contribution in [2.75, 3.05) is 25.1 Å². The van der Waals surface area contributed by atoms with E-state index in [-0.39, 0.29) is 0 Å². The standard InChI is InChI=1S/C13H21N3O/c1-10-11(9-14)3-4-13(15-10)16-7-5-12(17-2)6-8-16/h3-4,12H,5-9,14H2,1-2H3. The monoisotopic (exact) mass is 235 g/mol. The summed E-state index contributed by atoms with van der Waals surface area (Å²) in [7, 11) is 1.79. The smallest absolute Gasteiger partial charge is 0.128 e. The van der Waals surface area contributed by atoms with Crippen molar-refractivity contribution in [1.29, 1.82) is 0 Å². The molecule has 4 nitrogen and oxygen atoms in total. The SMILES string of the molecule is COC1CCN(c2ccc(CN)c(C)n2)CC1. The molecule has 1 fully saturated rings. The Morgan fingerprint density at radius 3 is 2.65 bits per heavy atom. The van der Waals surface area contributed by atoms with Gasteiger partial charge in [0.1, 0.15) is 5.82 Å². The van der Waals surface area contributed by atoms with Crippen molar-refractivity contribution >= 4 is 5.82 Å². The van der Waals surface area contributed by atoms with Crippen LogP contribution in [-0.4, -0.2) is 31.3 Å². The van der Waals surface area contributed by atoms with Gasteiger partial charge in [-0.1, -0.05) is 6.07 Å². The van der Waals surface area contributed by atoms with E-state index in [1.54, 1.807) is 7.11 Å². The third kappa shape index (κ3) is 2.76. The Kier molecular flexibility index (Phi) is 3.97. The van der Waals surface area contributed by atoms with Crippen molar-refractivity contribution in [2.45, 2.75) is 32.4 Å². The number of nitrogens with two attached hydrogens (primary N) is 1. The van der Waals surface area contributed by atoms with Gasteiger partial charge in [-0.25, -0.2) is 4.98 Å². The number of ether oxygens (including phenoxy) is 1. The number of pyridine rings is 1. The first-order valence-corrected chi connectivity index (χ1v) is 6.19. The summed E-state index contributed by atoms with van der Waals surface area (Å²) in [6.07, 6.45) is 2.57. The van der Waals surface area contributed by atoms with Crippen LogP contribution in [-0.2, 0) is 11.3 Å². The van der Waals surface area contributed by atoms with Crippen LogP contribution in [0.5, 0.6) is 0 Å². The van der Waals surface area contributed by atoms with Crippen molar-refractivity contribution < 1.29 is 4.74 Å². The molecule has 4 heteroatoms. The fraction of sp³-hybridized carbons (Fsp3) is 0.615. The summed E-state index contributed by atoms with van der Waals surface area (Å²) in [5.41, 5.74) is 7.81. The van der Waals surface area contributed by atoms with Crippen LogP contribution in [0.3, 0.4) is 0 Å². The zero-order valence-electron chi connectivity index (χ0n) is 10.6. The zero-order chi connectivity index (χ0) is 12.3. The van der Waals surface area contributed by atoms with Gasteiger partial charge < -0.3 is 15.4 Å². The first-order chi connectivity index (χ1) is 8.24. The predicted octanol–water partition coefficient (Wildman–Crippen LogP) is 1.46. The summed E-state index contributed by atoms with van der Waals surface area (Å²) in [5.74, 6) is 1.06. The molecule has 0 spiro atoms. The van der Waals surface area contributed by atoms with Crippen molar-refractivity contribution in [1.82, 2.24) is 4.98 Å². The van der Waals surface area contributed by atoms with Crippen LogP contribution in [0.1, 0.15) is 24.1 Å². The lowest BCUT2D eigenvalue weighted by Gasteiger charge is -2.32. The number of rotatable bonds is 3. The third-order valence-electron chi connectivity index (χ3n) is 3.50. The largest absolute Gasteiger partial charge is 0.381 e. The summed E-state index contributed by atoms with van der Waals surface area (Å²) in [4.78, 5) is 6.95. The molecule has 0 atom stereocenters. The Morgan fingerprint density at radius 1 is 1.41 bits per heavy atom. The molecule has 0 unspecified atom stereocenters. The minimum Gasteiger partial charge on any atom is -0.381 e. The minimum absolute atomic E-state index is 0.413. The first kappa shape index (κ1) is 12.3. The molecule has 17 heavy (non-hydrogen) atoms. The molecule has 2 rings (SSSR count). The highest BCUT2D eigenvalue weighted by molar-refractivity contribution is 5.42. The number of piperidine rings is 1. The molecule has 2 N–H and O–H groups in total. The quantitative estimate of drug-likeness (QED) is 0.862. The van der Waals surface area contributed by atoms with Gasteiger partial charge in [-0.3, -0.25) is 0 Å². The van der Waals surface area contributed by atoms with Gasteiger partial charge >= 0.3 is 0 Å². The highest BCUT2D eigenvalue weighted by atomic mass is 16.5. The van der Waals surface area contributed by atoms with E-state index in [1.807, 2.05) is 6.92 Å². The summed E-state index contributed by atoms with van der Waals surface area (Å²) >= 11 is 0. The number of nitrogens with zero attached hydrogens (tertiary/aromatic N) is 2. The Morgan fingerprint density at radius 2 is 2.12 bits per heavy atom. The number of hydrogen-bond acceptors (Lipinski definition) is 4. The van der Waals surface area contributed by atoms with Crippen LogP contribution in [0.15, 0.2) is 12.1 Å². The fourth-order valence-corrected chi connectivity index (χ4v) is 2.29. The molecule has 1 saturated heterocycles. The normalized spacial score (nSPS) is 17.5. The number of methoxy groups -OCH3 is 1. The molecule has 1 aliphatic heterocycles. The van der Waals surface area contributed by atoms with E-state index in [2.05, 4.69) is 22.0 Å². The summed E-state index contributed by atoms with van der Waals surface area (Å²) < 4.78 is 5.37. The number of hydrogen-bond donors (Lipinski definition) is 1. The maximum Gasteiger partial charge on any atom is 0.128 e. The molecule has 1 aliphatic rings. The van der Waals surface area contributed by atoms with Crippen molar-refractivity contribution in [2.24, 2.45) is 5.73 Å². The van der Waals surface area contributed by atoms with Gasteiger partial charge in [-0.2, -0.15) is 0 Å². The second-order valence-corrected chi connectivity index (χ2v) is 4.54. The summed E-state index contributed by atoms with van der Waals surface area (Å²) in [6, 6.07) is 4.16. The van der Waals surface area contributed by atoms with Gasteiger partial charge in [0.05, 0.1) is 6.10 Å². The van der Waals surface area contributed by atoms with Crippen LogP contribution in [0.2, 0.25) is 0 Å². The highest BCUT2D eigenvalue weighted by Crippen LogP contribution is 2.20. The second kappa shape index (κ2) is 5.47. The molecule has 0 radical (unpaired) electrons. The van der Waals surface area contributed by atoms with Crippen molar-refractivity contribution in [3.8, 4) is 0 Å². The van der Waals surface area contributed by atoms with Crippen LogP contribution in [0, 0.1) is 6.92 Å². The average molecular weight is 235 g/mol. The zero-order valence-corrected chi connectivity index (χ0v) is 10.6. The molecule has 94 valence electrons. The van der Waals surface area contributed by atoms with Crippen molar-refractivity contribution in [3.63, 3.8) is 0 Å². The molecule has 0 aromatic carbocycles. The lowest BCUT2D eigenvalue weighted by atomic mass is 10.1. The number of anilines is 1. The summed E-state index contributed by atoms with van der Waals surface area (Å²) in [5, 5.41) is 0. The predicted molar refractivity (Wildman–Crippen MR) is 69.1 cm³/mol. The molecular formula is C13H21N3O. The minimum atomic E-state index is 0.413. The first-order valence-electron chi connectivity index (χ1n) is 6.19. The van der Waals surface area contributed by atoms with E-state index in [9.17, 15) is 0 Å². The molecule has 2 heterocycles. The topological polar surface area (TPSA) is 51.4 Å². The van der Waals surface area contributed by atoms with Crippen LogP contribution in [0.25, 0.3) is 0 Å². The van der Waals surface area contributed by atoms with Gasteiger partial charge in [-0.15, -0.1) is 0 Å². The van der Waals surface area contributed by atoms with E-state index in [0.29, 0.717) is 12.6 Å². The maximum absolute atomic E-state index is 5.65. The van der Waals surface area contributed by atoms with Gasteiger partial charge in [0.15, 0.2) is 0 Å². The number of aromatic nitrogens is 1. The highest BCUT2D eigenvalue weighted by Gasteiger charge is 2.19. The van der Waals surface area contributed by atoms with E-state index in [4.69, 9.17) is 10.5 Å². The molecule has 0 amide bonds. The van der Waals surface area contributed by atoms with Gasteiger partial charge in [0, 0.05) is 32.4 Å². The average Bonchev–Trinajstić information content (AvgIpc) is 2.39. The molecule has 1 aromatic rings. The van der Waals surface area contributed by atoms with E-state index in [1.165, 1.54) is 0 Å². The van der Waals surface area contributed by atoms with Crippen LogP contribution in [0.4, 0.5) is 5.82 Å². The Balaban J connectivity index is 2.06. The Labute approximate surface area is 103 Å². The Bertz CT molecular complexity index is 373. The molecule has 0 aliphatic carbocycles. The van der Waals surface area contributed by atoms with E-state index in [0.717, 1.165) is 43.0 Å². The van der Waals surface area contributed by atoms with Gasteiger partial charge in [0.25, 0.3) is 0 Å². The Hall–Kier alpha value is -1.13. The number of aryl methyl sites for hydroxylation is 1. The lowest BCUT2D eigenvalue weighted by Crippen LogP contribution is -2.37. The molecule has 0 bridgehead atoms. The van der Waals surface area contributed by atoms with Crippen LogP contribution < -0.4 is 10.6 Å². The van der Waals surface area contributed by atoms with Gasteiger partial charge in [-0.05, 0) is 31.4 Å². The second-order valence-electron chi connectivity index (χ2n) is 4.54. The maximum atomic E-state index is 5.65. The lowest BCUT2D eigenvalue weighted by molar-refractivity contribution is 0.0818. The molecule has 1 aromatic heterocycles. The fourth-order valence-electron chi connectivity index (χ4n) is 2.29. The molecular weight excluding hydrogens is 214 g/mol. The molecule has 0 saturated carbocycles. The third-order valence-corrected chi connectivity index (χ3v) is 3.50. The van der Waals surface area contributed by atoms with E-state index >= 15 is 0 Å². The van der Waals surface area contributed by atoms with Crippen LogP contribution >= 0.6 is 0 Å². The van der Waals surface area contributed by atoms with E-state index < -0.39 is 0 Å². The summed E-state index contributed by atoms with van der Waals surface area (Å²) in [6.45, 7) is 4.62.